The first-order chi connectivity index (χ1) is 7.02. The average molecular weight is 233 g/mol. The zero-order chi connectivity index (χ0) is 11.5. The molecule has 5 nitrogen and oxygen atoms in total. The number of hydrogen-bond acceptors (Lipinski definition) is 5. The molecule has 6 heteroatoms. The highest BCUT2D eigenvalue weighted by Crippen LogP contribution is 2.28. The highest BCUT2D eigenvalue weighted by molar-refractivity contribution is 7.99. The number of carbonyl (C=O) groups excluding carboxylic acids is 1. The molecule has 0 aromatic carbocycles. The van der Waals surface area contributed by atoms with Gasteiger partial charge in [0.05, 0.1) is 7.11 Å². The zero-order valence-corrected chi connectivity index (χ0v) is 9.60. The number of carboxylic acid groups (broad SMARTS) is 1. The maximum absolute atomic E-state index is 11.2. The van der Waals surface area contributed by atoms with Crippen molar-refractivity contribution in [3.8, 4) is 0 Å². The van der Waals surface area contributed by atoms with Crippen molar-refractivity contribution in [2.24, 2.45) is 0 Å². The Bertz CT molecular complexity index is 263. The second-order valence-corrected chi connectivity index (χ2v) is 4.68. The summed E-state index contributed by atoms with van der Waals surface area (Å²) < 4.78 is 4.55. The van der Waals surface area contributed by atoms with Gasteiger partial charge in [-0.15, -0.1) is 0 Å². The summed E-state index contributed by atoms with van der Waals surface area (Å²) in [6.45, 7) is 1.61. The molecule has 2 N–H and O–H groups in total. The Kier molecular flexibility index (Phi) is 3.98. The smallest absolute Gasteiger partial charge is 0.324 e. The van der Waals surface area contributed by atoms with Crippen LogP contribution < -0.4 is 5.32 Å². The lowest BCUT2D eigenvalue weighted by atomic mass is 9.98. The van der Waals surface area contributed by atoms with Crippen LogP contribution in [0.5, 0.6) is 0 Å². The lowest BCUT2D eigenvalue weighted by Crippen LogP contribution is -2.57. The van der Waals surface area contributed by atoms with Crippen LogP contribution in [0.2, 0.25) is 0 Å². The minimum absolute atomic E-state index is 0.437. The fraction of sp³-hybridized carbons (Fsp3) is 0.778. The second kappa shape index (κ2) is 4.85. The van der Waals surface area contributed by atoms with Gasteiger partial charge in [0.15, 0.2) is 0 Å². The summed E-state index contributed by atoms with van der Waals surface area (Å²) in [5.74, 6) is -0.0487. The van der Waals surface area contributed by atoms with Crippen molar-refractivity contribution in [3.05, 3.63) is 0 Å². The van der Waals surface area contributed by atoms with Crippen LogP contribution in [0, 0.1) is 0 Å². The van der Waals surface area contributed by atoms with Crippen molar-refractivity contribution >= 4 is 23.7 Å². The van der Waals surface area contributed by atoms with E-state index < -0.39 is 23.5 Å². The van der Waals surface area contributed by atoms with Gasteiger partial charge in [0, 0.05) is 5.75 Å². The summed E-state index contributed by atoms with van der Waals surface area (Å²) in [4.78, 5) is 22.3. The first kappa shape index (κ1) is 12.3. The van der Waals surface area contributed by atoms with Crippen LogP contribution in [-0.2, 0) is 14.3 Å². The zero-order valence-electron chi connectivity index (χ0n) is 8.78. The summed E-state index contributed by atoms with van der Waals surface area (Å²) >= 11 is 1.58. The van der Waals surface area contributed by atoms with E-state index in [1.54, 1.807) is 18.7 Å². The van der Waals surface area contributed by atoms with Crippen molar-refractivity contribution in [3.63, 3.8) is 0 Å². The molecular weight excluding hydrogens is 218 g/mol. The topological polar surface area (TPSA) is 75.6 Å². The standard InChI is InChI=1S/C9H15NO4S/c1-6(7(11)14-2)10-9(8(12)13)3-4-15-5-9/h6,10H,3-5H2,1-2H3,(H,12,13). The molecule has 0 amide bonds. The molecule has 1 rings (SSSR count). The van der Waals surface area contributed by atoms with E-state index in [1.165, 1.54) is 7.11 Å². The van der Waals surface area contributed by atoms with E-state index >= 15 is 0 Å². The van der Waals surface area contributed by atoms with Gasteiger partial charge in [-0.05, 0) is 19.1 Å². The van der Waals surface area contributed by atoms with E-state index in [1.807, 2.05) is 0 Å². The average Bonchev–Trinajstić information content (AvgIpc) is 2.66. The first-order valence-electron chi connectivity index (χ1n) is 4.68. The van der Waals surface area contributed by atoms with Gasteiger partial charge in [0.1, 0.15) is 11.6 Å². The maximum Gasteiger partial charge on any atom is 0.324 e. The monoisotopic (exact) mass is 233 g/mol. The minimum Gasteiger partial charge on any atom is -0.480 e. The third kappa shape index (κ3) is 2.63. The third-order valence-corrected chi connectivity index (χ3v) is 3.67. The van der Waals surface area contributed by atoms with E-state index in [0.29, 0.717) is 12.2 Å². The fourth-order valence-electron chi connectivity index (χ4n) is 1.56. The Labute approximate surface area is 92.6 Å². The molecule has 1 fully saturated rings. The SMILES string of the molecule is COC(=O)C(C)NC1(C(=O)O)CCSC1. The van der Waals surface area contributed by atoms with E-state index in [-0.39, 0.29) is 0 Å². The van der Waals surface area contributed by atoms with Crippen LogP contribution >= 0.6 is 11.8 Å². The molecule has 0 aromatic heterocycles. The first-order valence-corrected chi connectivity index (χ1v) is 5.84. The van der Waals surface area contributed by atoms with Gasteiger partial charge in [0.2, 0.25) is 0 Å². The van der Waals surface area contributed by atoms with E-state index in [4.69, 9.17) is 5.11 Å². The van der Waals surface area contributed by atoms with Gasteiger partial charge < -0.3 is 9.84 Å². The number of nitrogens with one attached hydrogen (secondary N) is 1. The number of esters is 1. The molecule has 2 unspecified atom stereocenters. The molecule has 86 valence electrons. The van der Waals surface area contributed by atoms with Crippen molar-refractivity contribution in [1.82, 2.24) is 5.32 Å². The van der Waals surface area contributed by atoms with Crippen molar-refractivity contribution < 1.29 is 19.4 Å². The molecule has 1 aliphatic heterocycles. The van der Waals surface area contributed by atoms with Crippen LogP contribution in [0.3, 0.4) is 0 Å². The number of hydrogen-bond donors (Lipinski definition) is 2. The van der Waals surface area contributed by atoms with Gasteiger partial charge in [-0.1, -0.05) is 0 Å². The molecule has 1 aliphatic rings. The second-order valence-electron chi connectivity index (χ2n) is 3.58. The Balaban J connectivity index is 2.67. The van der Waals surface area contributed by atoms with E-state index in [2.05, 4.69) is 10.1 Å². The molecule has 15 heavy (non-hydrogen) atoms. The van der Waals surface area contributed by atoms with Crippen molar-refractivity contribution in [2.45, 2.75) is 24.9 Å². The molecule has 1 heterocycles. The Morgan fingerprint density at radius 2 is 2.27 bits per heavy atom. The molecular formula is C9H15NO4S. The number of ether oxygens (including phenoxy) is 1. The van der Waals surface area contributed by atoms with Gasteiger partial charge in [-0.3, -0.25) is 14.9 Å². The van der Waals surface area contributed by atoms with E-state index in [0.717, 1.165) is 5.75 Å². The molecule has 0 bridgehead atoms. The fourth-order valence-corrected chi connectivity index (χ4v) is 2.90. The molecule has 0 saturated carbocycles. The summed E-state index contributed by atoms with van der Waals surface area (Å²) in [6.07, 6.45) is 0.536. The van der Waals surface area contributed by atoms with Gasteiger partial charge in [-0.25, -0.2) is 0 Å². The predicted octanol–water partition coefficient (Wildman–Crippen LogP) is 0.0978. The lowest BCUT2D eigenvalue weighted by Gasteiger charge is -2.27. The molecule has 2 atom stereocenters. The van der Waals surface area contributed by atoms with Crippen molar-refractivity contribution in [1.29, 1.82) is 0 Å². The Hall–Kier alpha value is -0.750. The van der Waals surface area contributed by atoms with Gasteiger partial charge in [0.25, 0.3) is 0 Å². The highest BCUT2D eigenvalue weighted by atomic mass is 32.2. The molecule has 0 aliphatic carbocycles. The lowest BCUT2D eigenvalue weighted by molar-refractivity contribution is -0.147. The summed E-state index contributed by atoms with van der Waals surface area (Å²) in [6, 6.07) is -0.593. The van der Waals surface area contributed by atoms with E-state index in [9.17, 15) is 9.59 Å². The van der Waals surface area contributed by atoms with Crippen LogP contribution in [0.25, 0.3) is 0 Å². The third-order valence-electron chi connectivity index (χ3n) is 2.48. The number of thioether (sulfide) groups is 1. The van der Waals surface area contributed by atoms with Gasteiger partial charge >= 0.3 is 11.9 Å². The number of rotatable bonds is 4. The summed E-state index contributed by atoms with van der Waals surface area (Å²) in [5, 5.41) is 12.0. The number of carboxylic acids is 1. The summed E-state index contributed by atoms with van der Waals surface area (Å²) in [5.41, 5.74) is -0.974. The Morgan fingerprint density at radius 1 is 1.60 bits per heavy atom. The van der Waals surface area contributed by atoms with Crippen LogP contribution in [0.4, 0.5) is 0 Å². The minimum atomic E-state index is -0.974. The normalized spacial score (nSPS) is 27.3. The number of methoxy groups -OCH3 is 1. The number of carbonyl (C=O) groups is 2. The summed E-state index contributed by atoms with van der Waals surface area (Å²) in [7, 11) is 1.29. The van der Waals surface area contributed by atoms with Crippen LogP contribution in [-0.4, -0.2) is 47.2 Å². The van der Waals surface area contributed by atoms with Gasteiger partial charge in [-0.2, -0.15) is 11.8 Å². The quantitative estimate of drug-likeness (QED) is 0.671. The van der Waals surface area contributed by atoms with Crippen molar-refractivity contribution in [2.75, 3.05) is 18.6 Å². The van der Waals surface area contributed by atoms with Crippen LogP contribution in [0.1, 0.15) is 13.3 Å². The maximum atomic E-state index is 11.2. The molecule has 0 aromatic rings. The van der Waals surface area contributed by atoms with Crippen LogP contribution in [0.15, 0.2) is 0 Å². The molecule has 1 saturated heterocycles. The molecule has 0 spiro atoms. The predicted molar refractivity (Wildman–Crippen MR) is 56.9 cm³/mol. The Morgan fingerprint density at radius 3 is 2.67 bits per heavy atom. The highest BCUT2D eigenvalue weighted by Gasteiger charge is 2.43. The number of aliphatic carboxylic acids is 1. The molecule has 0 radical (unpaired) electrons. The largest absolute Gasteiger partial charge is 0.480 e.